The highest BCUT2D eigenvalue weighted by Crippen LogP contribution is 2.44. The Hall–Kier alpha value is -3.32. The van der Waals surface area contributed by atoms with E-state index < -0.39 is 5.92 Å². The Balaban J connectivity index is 2.01. The molecule has 0 amide bonds. The van der Waals surface area contributed by atoms with Gasteiger partial charge in [-0.15, -0.1) is 0 Å². The second kappa shape index (κ2) is 5.39. The minimum atomic E-state index is -0.701. The van der Waals surface area contributed by atoms with Crippen LogP contribution in [0.2, 0.25) is 0 Å². The molecule has 0 saturated heterocycles. The summed E-state index contributed by atoms with van der Waals surface area (Å²) in [5.41, 5.74) is 1.80. The zero-order chi connectivity index (χ0) is 16.7. The standard InChI is InChI=1S/C20H14N2O2/c21-11-17-19(15-7-3-5-12-4-1-2-6-14(12)15)16-9-8-13(23)10-18(16)24-20(17)22/h1-10,17,19,22-23H. The molecule has 0 saturated carbocycles. The molecule has 4 heteroatoms. The van der Waals surface area contributed by atoms with Crippen LogP contribution in [0.1, 0.15) is 17.0 Å². The quantitative estimate of drug-likeness (QED) is 0.707. The molecule has 2 N–H and O–H groups in total. The molecule has 0 aliphatic carbocycles. The Bertz CT molecular complexity index is 999. The monoisotopic (exact) mass is 314 g/mol. The third-order valence-corrected chi connectivity index (χ3v) is 4.47. The van der Waals surface area contributed by atoms with Crippen LogP contribution in [0.25, 0.3) is 10.8 Å². The van der Waals surface area contributed by atoms with Crippen LogP contribution < -0.4 is 4.74 Å². The molecule has 1 aliphatic heterocycles. The van der Waals surface area contributed by atoms with Gasteiger partial charge in [-0.1, -0.05) is 48.5 Å². The lowest BCUT2D eigenvalue weighted by Crippen LogP contribution is -2.31. The number of rotatable bonds is 1. The summed E-state index contributed by atoms with van der Waals surface area (Å²) in [5, 5.41) is 29.6. The van der Waals surface area contributed by atoms with Crippen molar-refractivity contribution in [3.8, 4) is 17.6 Å². The molecule has 0 bridgehead atoms. The largest absolute Gasteiger partial charge is 0.508 e. The maximum Gasteiger partial charge on any atom is 0.205 e. The summed E-state index contributed by atoms with van der Waals surface area (Å²) in [6, 6.07) is 21.1. The molecule has 4 nitrogen and oxygen atoms in total. The van der Waals surface area contributed by atoms with E-state index in [2.05, 4.69) is 6.07 Å². The Labute approximate surface area is 139 Å². The number of fused-ring (bicyclic) bond motifs is 2. The second-order valence-electron chi connectivity index (χ2n) is 5.84. The van der Waals surface area contributed by atoms with Gasteiger partial charge in [0.05, 0.1) is 6.07 Å². The van der Waals surface area contributed by atoms with E-state index in [0.717, 1.165) is 21.9 Å². The van der Waals surface area contributed by atoms with Crippen LogP contribution in [0.3, 0.4) is 0 Å². The van der Waals surface area contributed by atoms with Crippen LogP contribution in [0.5, 0.6) is 11.5 Å². The van der Waals surface area contributed by atoms with Crippen molar-refractivity contribution in [1.82, 2.24) is 0 Å². The summed E-state index contributed by atoms with van der Waals surface area (Å²) in [6.45, 7) is 0. The first-order chi connectivity index (χ1) is 11.7. The second-order valence-corrected chi connectivity index (χ2v) is 5.84. The summed E-state index contributed by atoms with van der Waals surface area (Å²) in [4.78, 5) is 0. The Morgan fingerprint density at radius 1 is 1.00 bits per heavy atom. The number of phenolic OH excluding ortho intramolecular Hbond substituents is 1. The van der Waals surface area contributed by atoms with Crippen LogP contribution in [-0.4, -0.2) is 11.0 Å². The Morgan fingerprint density at radius 2 is 1.79 bits per heavy atom. The van der Waals surface area contributed by atoms with Gasteiger partial charge in [-0.25, -0.2) is 0 Å². The lowest BCUT2D eigenvalue weighted by atomic mass is 9.77. The molecule has 0 aromatic heterocycles. The van der Waals surface area contributed by atoms with Gasteiger partial charge >= 0.3 is 0 Å². The molecule has 1 heterocycles. The van der Waals surface area contributed by atoms with Crippen molar-refractivity contribution in [2.45, 2.75) is 5.92 Å². The Kier molecular flexibility index (Phi) is 3.21. The van der Waals surface area contributed by atoms with Gasteiger partial charge in [0.25, 0.3) is 0 Å². The van der Waals surface area contributed by atoms with Gasteiger partial charge in [0.15, 0.2) is 0 Å². The molecule has 0 fully saturated rings. The van der Waals surface area contributed by atoms with Crippen molar-refractivity contribution in [3.05, 3.63) is 71.8 Å². The van der Waals surface area contributed by atoms with E-state index >= 15 is 0 Å². The fourth-order valence-corrected chi connectivity index (χ4v) is 3.38. The minimum Gasteiger partial charge on any atom is -0.508 e. The average molecular weight is 314 g/mol. The predicted molar refractivity (Wildman–Crippen MR) is 91.4 cm³/mol. The van der Waals surface area contributed by atoms with Gasteiger partial charge in [0, 0.05) is 17.5 Å². The predicted octanol–water partition coefficient (Wildman–Crippen LogP) is 4.19. The van der Waals surface area contributed by atoms with Crippen molar-refractivity contribution in [3.63, 3.8) is 0 Å². The van der Waals surface area contributed by atoms with E-state index in [0.29, 0.717) is 5.75 Å². The van der Waals surface area contributed by atoms with E-state index in [4.69, 9.17) is 10.1 Å². The zero-order valence-electron chi connectivity index (χ0n) is 12.7. The molecular formula is C20H14N2O2. The third-order valence-electron chi connectivity index (χ3n) is 4.47. The van der Waals surface area contributed by atoms with Crippen LogP contribution in [0.15, 0.2) is 60.7 Å². The SMILES string of the molecule is N#CC1C(=N)Oc2cc(O)ccc2C1c1cccc2ccccc12. The molecule has 4 rings (SSSR count). The van der Waals surface area contributed by atoms with E-state index in [1.165, 1.54) is 6.07 Å². The summed E-state index contributed by atoms with van der Waals surface area (Å²) >= 11 is 0. The minimum absolute atomic E-state index is 0.0774. The normalized spacial score (nSPS) is 19.4. The van der Waals surface area contributed by atoms with E-state index in [9.17, 15) is 10.4 Å². The summed E-state index contributed by atoms with van der Waals surface area (Å²) < 4.78 is 5.48. The fraction of sp³-hybridized carbons (Fsp3) is 0.100. The smallest absolute Gasteiger partial charge is 0.205 e. The highest BCUT2D eigenvalue weighted by molar-refractivity contribution is 5.90. The van der Waals surface area contributed by atoms with Gasteiger partial charge < -0.3 is 9.84 Å². The van der Waals surface area contributed by atoms with Crippen molar-refractivity contribution < 1.29 is 9.84 Å². The molecule has 0 spiro atoms. The van der Waals surface area contributed by atoms with E-state index in [-0.39, 0.29) is 17.6 Å². The molecule has 3 aromatic carbocycles. The van der Waals surface area contributed by atoms with E-state index in [1.807, 2.05) is 42.5 Å². The number of phenols is 1. The first kappa shape index (κ1) is 14.3. The van der Waals surface area contributed by atoms with Gasteiger partial charge in [-0.05, 0) is 22.4 Å². The summed E-state index contributed by atoms with van der Waals surface area (Å²) in [5.74, 6) is -0.586. The van der Waals surface area contributed by atoms with Crippen LogP contribution in [0, 0.1) is 22.7 Å². The van der Waals surface area contributed by atoms with Gasteiger partial charge in [-0.3, -0.25) is 5.41 Å². The molecule has 2 unspecified atom stereocenters. The molecule has 24 heavy (non-hydrogen) atoms. The molecular weight excluding hydrogens is 300 g/mol. The third kappa shape index (κ3) is 2.10. The zero-order valence-corrected chi connectivity index (χ0v) is 12.7. The van der Waals surface area contributed by atoms with Crippen molar-refractivity contribution in [2.75, 3.05) is 0 Å². The number of nitrogens with zero attached hydrogens (tertiary/aromatic N) is 1. The maximum atomic E-state index is 9.71. The number of nitrogens with one attached hydrogen (secondary N) is 1. The average Bonchev–Trinajstić information content (AvgIpc) is 2.60. The first-order valence-electron chi connectivity index (χ1n) is 7.65. The van der Waals surface area contributed by atoms with Gasteiger partial charge in [0.1, 0.15) is 17.4 Å². The van der Waals surface area contributed by atoms with Crippen molar-refractivity contribution in [1.29, 1.82) is 10.7 Å². The number of nitriles is 1. The van der Waals surface area contributed by atoms with Gasteiger partial charge in [0.2, 0.25) is 5.90 Å². The summed E-state index contributed by atoms with van der Waals surface area (Å²) in [6.07, 6.45) is 0. The highest BCUT2D eigenvalue weighted by atomic mass is 16.5. The molecule has 2 atom stereocenters. The van der Waals surface area contributed by atoms with Gasteiger partial charge in [-0.2, -0.15) is 5.26 Å². The fourth-order valence-electron chi connectivity index (χ4n) is 3.38. The molecule has 1 aliphatic rings. The topological polar surface area (TPSA) is 77.1 Å². The van der Waals surface area contributed by atoms with Crippen LogP contribution in [-0.2, 0) is 0 Å². The highest BCUT2D eigenvalue weighted by Gasteiger charge is 2.37. The van der Waals surface area contributed by atoms with E-state index in [1.54, 1.807) is 12.1 Å². The number of ether oxygens (including phenoxy) is 1. The maximum absolute atomic E-state index is 9.71. The number of hydrogen-bond acceptors (Lipinski definition) is 4. The van der Waals surface area contributed by atoms with Crippen molar-refractivity contribution in [2.24, 2.45) is 5.92 Å². The van der Waals surface area contributed by atoms with Crippen LogP contribution >= 0.6 is 0 Å². The number of aromatic hydroxyl groups is 1. The molecule has 3 aromatic rings. The lowest BCUT2D eigenvalue weighted by molar-refractivity contribution is 0.436. The Morgan fingerprint density at radius 3 is 2.62 bits per heavy atom. The molecule has 0 radical (unpaired) electrons. The lowest BCUT2D eigenvalue weighted by Gasteiger charge is -2.31. The first-order valence-corrected chi connectivity index (χ1v) is 7.65. The molecule has 116 valence electrons. The number of hydrogen-bond donors (Lipinski definition) is 2. The summed E-state index contributed by atoms with van der Waals surface area (Å²) in [7, 11) is 0. The van der Waals surface area contributed by atoms with Crippen LogP contribution in [0.4, 0.5) is 0 Å². The number of benzene rings is 3. The van der Waals surface area contributed by atoms with Crippen molar-refractivity contribution >= 4 is 16.7 Å².